The molecule has 1 aliphatic heterocycles. The Kier molecular flexibility index (Phi) is 12.5. The summed E-state index contributed by atoms with van der Waals surface area (Å²) in [4.78, 5) is 27.4. The molecule has 208 valence electrons. The van der Waals surface area contributed by atoms with Crippen LogP contribution in [-0.4, -0.2) is 38.1 Å². The average Bonchev–Trinajstić information content (AvgIpc) is 2.94. The molecule has 5 nitrogen and oxygen atoms in total. The first kappa shape index (κ1) is 30.0. The third-order valence-corrected chi connectivity index (χ3v) is 8.01. The highest BCUT2D eigenvalue weighted by Crippen LogP contribution is 2.35. The second-order valence-electron chi connectivity index (χ2n) is 10.5. The summed E-state index contributed by atoms with van der Waals surface area (Å²) in [6.45, 7) is 9.18. The maximum atomic E-state index is 13.2. The summed E-state index contributed by atoms with van der Waals surface area (Å²) in [5.74, 6) is 1.19. The van der Waals surface area contributed by atoms with Crippen LogP contribution in [0.15, 0.2) is 42.5 Å². The van der Waals surface area contributed by atoms with Gasteiger partial charge in [0.2, 0.25) is 0 Å². The van der Waals surface area contributed by atoms with Crippen LogP contribution in [-0.2, 0) is 11.2 Å². The van der Waals surface area contributed by atoms with Gasteiger partial charge in [-0.1, -0.05) is 76.1 Å². The van der Waals surface area contributed by atoms with E-state index in [1.165, 1.54) is 51.4 Å². The highest BCUT2D eigenvalue weighted by Gasteiger charge is 2.27. The molecule has 0 aliphatic carbocycles. The van der Waals surface area contributed by atoms with Gasteiger partial charge < -0.3 is 15.0 Å². The molecule has 1 N–H and O–H groups in total. The summed E-state index contributed by atoms with van der Waals surface area (Å²) >= 11 is 6.32. The van der Waals surface area contributed by atoms with Crippen molar-refractivity contribution in [3.05, 3.63) is 64.2 Å². The van der Waals surface area contributed by atoms with Gasteiger partial charge in [0.15, 0.2) is 0 Å². The smallest absolute Gasteiger partial charge is 0.338 e. The van der Waals surface area contributed by atoms with Crippen LogP contribution in [0.3, 0.4) is 0 Å². The van der Waals surface area contributed by atoms with E-state index in [1.807, 2.05) is 24.3 Å². The van der Waals surface area contributed by atoms with Gasteiger partial charge in [0.1, 0.15) is 0 Å². The molecule has 6 heteroatoms. The van der Waals surface area contributed by atoms with Gasteiger partial charge in [-0.15, -0.1) is 0 Å². The predicted octanol–water partition coefficient (Wildman–Crippen LogP) is 7.70. The third-order valence-electron chi connectivity index (χ3n) is 7.77. The van der Waals surface area contributed by atoms with Gasteiger partial charge in [-0.25, -0.2) is 4.79 Å². The van der Waals surface area contributed by atoms with E-state index < -0.39 is 0 Å². The molecule has 38 heavy (non-hydrogen) atoms. The number of hydrogen-bond acceptors (Lipinski definition) is 4. The summed E-state index contributed by atoms with van der Waals surface area (Å²) < 4.78 is 5.04. The van der Waals surface area contributed by atoms with Gasteiger partial charge in [0.05, 0.1) is 17.7 Å². The summed E-state index contributed by atoms with van der Waals surface area (Å²) in [5.41, 5.74) is 3.20. The lowest BCUT2D eigenvalue weighted by atomic mass is 9.78. The quantitative estimate of drug-likeness (QED) is 0.249. The van der Waals surface area contributed by atoms with E-state index in [1.54, 1.807) is 25.1 Å². The number of amides is 1. The second-order valence-corrected chi connectivity index (χ2v) is 10.9. The van der Waals surface area contributed by atoms with Crippen LogP contribution in [0, 0.1) is 11.8 Å². The van der Waals surface area contributed by atoms with Crippen molar-refractivity contribution in [3.63, 3.8) is 0 Å². The zero-order valence-electron chi connectivity index (χ0n) is 23.4. The molecule has 1 fully saturated rings. The van der Waals surface area contributed by atoms with Crippen molar-refractivity contribution in [3.8, 4) is 0 Å². The van der Waals surface area contributed by atoms with Crippen LogP contribution in [0.25, 0.3) is 0 Å². The molecular formula is C32H45ClN2O3. The van der Waals surface area contributed by atoms with E-state index in [0.29, 0.717) is 35.7 Å². The maximum Gasteiger partial charge on any atom is 0.338 e. The van der Waals surface area contributed by atoms with Gasteiger partial charge in [0, 0.05) is 30.3 Å². The van der Waals surface area contributed by atoms with Crippen molar-refractivity contribution in [1.82, 2.24) is 5.32 Å². The number of carbonyl (C=O) groups is 2. The monoisotopic (exact) mass is 540 g/mol. The zero-order chi connectivity index (χ0) is 27.3. The number of nitrogens with zero attached hydrogens (tertiary/aromatic N) is 1. The summed E-state index contributed by atoms with van der Waals surface area (Å²) in [5, 5.41) is 3.64. The number of ether oxygens (including phenoxy) is 1. The Morgan fingerprint density at radius 3 is 2.26 bits per heavy atom. The first-order valence-corrected chi connectivity index (χ1v) is 14.9. The van der Waals surface area contributed by atoms with E-state index >= 15 is 0 Å². The van der Waals surface area contributed by atoms with E-state index in [9.17, 15) is 9.59 Å². The minimum absolute atomic E-state index is 0.100. The zero-order valence-corrected chi connectivity index (χ0v) is 24.2. The van der Waals surface area contributed by atoms with Crippen molar-refractivity contribution >= 4 is 29.2 Å². The number of benzene rings is 2. The molecule has 3 rings (SSSR count). The number of unbranched alkanes of at least 4 members (excludes halogenated alkanes) is 2. The normalized spacial score (nSPS) is 14.1. The lowest BCUT2D eigenvalue weighted by molar-refractivity contribution is 0.0526. The molecule has 0 bridgehead atoms. The minimum atomic E-state index is -0.317. The predicted molar refractivity (Wildman–Crippen MR) is 157 cm³/mol. The van der Waals surface area contributed by atoms with Gasteiger partial charge in [-0.2, -0.15) is 0 Å². The Balaban J connectivity index is 1.58. The number of rotatable bonds is 14. The van der Waals surface area contributed by atoms with Gasteiger partial charge in [0.25, 0.3) is 5.91 Å². The van der Waals surface area contributed by atoms with Gasteiger partial charge >= 0.3 is 5.97 Å². The van der Waals surface area contributed by atoms with E-state index in [2.05, 4.69) is 24.1 Å². The Bertz CT molecular complexity index is 1010. The number of hydrogen-bond donors (Lipinski definition) is 1. The summed E-state index contributed by atoms with van der Waals surface area (Å²) in [7, 11) is 0. The largest absolute Gasteiger partial charge is 0.462 e. The molecule has 0 saturated carbocycles. The summed E-state index contributed by atoms with van der Waals surface area (Å²) in [6, 6.07) is 13.0. The molecule has 1 amide bonds. The topological polar surface area (TPSA) is 58.6 Å². The van der Waals surface area contributed by atoms with Gasteiger partial charge in [-0.05, 0) is 73.9 Å². The molecule has 2 aromatic rings. The number of piperidine rings is 1. The lowest BCUT2D eigenvalue weighted by Gasteiger charge is -2.38. The van der Waals surface area contributed by atoms with Crippen LogP contribution in [0.2, 0.25) is 5.02 Å². The van der Waals surface area contributed by atoms with Crippen molar-refractivity contribution in [2.45, 2.75) is 78.6 Å². The lowest BCUT2D eigenvalue weighted by Crippen LogP contribution is -2.38. The molecule has 0 radical (unpaired) electrons. The van der Waals surface area contributed by atoms with Crippen molar-refractivity contribution in [2.75, 3.05) is 31.1 Å². The van der Waals surface area contributed by atoms with E-state index in [-0.39, 0.29) is 11.9 Å². The fraction of sp³-hybridized carbons (Fsp3) is 0.562. The SMILES string of the molecule is CCCCC(CCCC)C1CCN(c2ccc(Cl)cc2C(=O)NCCc2ccc(C(=O)OCC)cc2)CC1. The molecular weight excluding hydrogens is 496 g/mol. The van der Waals surface area contributed by atoms with Crippen molar-refractivity contribution in [1.29, 1.82) is 0 Å². The fourth-order valence-electron chi connectivity index (χ4n) is 5.56. The molecule has 1 aliphatic rings. The Labute approximate surface area is 234 Å². The molecule has 0 spiro atoms. The first-order chi connectivity index (χ1) is 18.5. The van der Waals surface area contributed by atoms with Crippen LogP contribution >= 0.6 is 11.6 Å². The Hall–Kier alpha value is -2.53. The maximum absolute atomic E-state index is 13.2. The summed E-state index contributed by atoms with van der Waals surface area (Å²) in [6.07, 6.45) is 10.9. The Morgan fingerprint density at radius 1 is 1.00 bits per heavy atom. The molecule has 2 aromatic carbocycles. The number of halogens is 1. The Morgan fingerprint density at radius 2 is 1.66 bits per heavy atom. The van der Waals surface area contributed by atoms with Crippen molar-refractivity contribution in [2.24, 2.45) is 11.8 Å². The number of carbonyl (C=O) groups excluding carboxylic acids is 2. The number of anilines is 1. The molecule has 1 saturated heterocycles. The molecule has 0 aromatic heterocycles. The van der Waals surface area contributed by atoms with E-state index in [0.717, 1.165) is 36.2 Å². The van der Waals surface area contributed by atoms with Gasteiger partial charge in [-0.3, -0.25) is 4.79 Å². The highest BCUT2D eigenvalue weighted by atomic mass is 35.5. The molecule has 0 unspecified atom stereocenters. The van der Waals surface area contributed by atoms with Crippen molar-refractivity contribution < 1.29 is 14.3 Å². The second kappa shape index (κ2) is 15.8. The average molecular weight is 541 g/mol. The molecule has 1 heterocycles. The fourth-order valence-corrected chi connectivity index (χ4v) is 5.74. The van der Waals surface area contributed by atoms with Crippen LogP contribution in [0.5, 0.6) is 0 Å². The van der Waals surface area contributed by atoms with Crippen LogP contribution in [0.1, 0.15) is 98.4 Å². The first-order valence-electron chi connectivity index (χ1n) is 14.6. The number of esters is 1. The molecule has 0 atom stereocenters. The minimum Gasteiger partial charge on any atom is -0.462 e. The third kappa shape index (κ3) is 8.76. The van der Waals surface area contributed by atoms with Crippen LogP contribution in [0.4, 0.5) is 5.69 Å². The highest BCUT2D eigenvalue weighted by molar-refractivity contribution is 6.31. The number of nitrogens with one attached hydrogen (secondary N) is 1. The van der Waals surface area contributed by atoms with E-state index in [4.69, 9.17) is 16.3 Å². The standard InChI is InChI=1S/C32H45ClN2O3/c1-4-7-9-25(10-8-5-2)26-18-21-35(22-19-26)30-16-15-28(33)23-29(30)31(36)34-20-17-24-11-13-27(14-12-24)32(37)38-6-3/h11-16,23,25-26H,4-10,17-22H2,1-3H3,(H,34,36). The van der Waals surface area contributed by atoms with Crippen LogP contribution < -0.4 is 10.2 Å².